The number of aliphatic carboxylic acids is 1. The number of hydrogen-bond donors (Lipinski definition) is 2. The Balaban J connectivity index is 2.19. The zero-order valence-electron chi connectivity index (χ0n) is 13.6. The van der Waals surface area contributed by atoms with Crippen molar-refractivity contribution in [3.8, 4) is 0 Å². The first-order chi connectivity index (χ1) is 10.3. The molecule has 0 unspecified atom stereocenters. The van der Waals surface area contributed by atoms with E-state index in [0.717, 1.165) is 28.0 Å². The quantitative estimate of drug-likeness (QED) is 0.837. The summed E-state index contributed by atoms with van der Waals surface area (Å²) >= 11 is 0. The summed E-state index contributed by atoms with van der Waals surface area (Å²) in [6, 6.07) is 5.72. The second-order valence-corrected chi connectivity index (χ2v) is 6.31. The van der Waals surface area contributed by atoms with E-state index in [-0.39, 0.29) is 5.91 Å². The van der Waals surface area contributed by atoms with E-state index in [2.05, 4.69) is 5.32 Å². The van der Waals surface area contributed by atoms with Crippen molar-refractivity contribution in [1.82, 2.24) is 0 Å². The molecule has 1 aromatic carbocycles. The van der Waals surface area contributed by atoms with Crippen molar-refractivity contribution in [3.63, 3.8) is 0 Å². The van der Waals surface area contributed by atoms with E-state index >= 15 is 0 Å². The summed E-state index contributed by atoms with van der Waals surface area (Å²) in [7, 11) is 0. The minimum Gasteiger partial charge on any atom is -0.481 e. The van der Waals surface area contributed by atoms with E-state index in [9.17, 15) is 14.7 Å². The molecule has 0 heterocycles. The number of carboxylic acid groups (broad SMARTS) is 1. The third-order valence-electron chi connectivity index (χ3n) is 4.69. The topological polar surface area (TPSA) is 66.4 Å². The highest BCUT2D eigenvalue weighted by Gasteiger charge is 2.37. The maximum Gasteiger partial charge on any atom is 0.307 e. The van der Waals surface area contributed by atoms with E-state index < -0.39 is 17.8 Å². The van der Waals surface area contributed by atoms with E-state index in [1.165, 1.54) is 0 Å². The van der Waals surface area contributed by atoms with Crippen molar-refractivity contribution >= 4 is 17.6 Å². The highest BCUT2D eigenvalue weighted by atomic mass is 16.4. The smallest absolute Gasteiger partial charge is 0.307 e. The molecule has 0 radical (unpaired) electrons. The van der Waals surface area contributed by atoms with Crippen LogP contribution >= 0.6 is 0 Å². The number of rotatable bonds is 3. The molecule has 0 saturated heterocycles. The fourth-order valence-corrected chi connectivity index (χ4v) is 2.88. The van der Waals surface area contributed by atoms with Crippen LogP contribution in [0.15, 0.2) is 29.3 Å². The zero-order chi connectivity index (χ0) is 16.4. The van der Waals surface area contributed by atoms with Crippen LogP contribution in [0, 0.1) is 25.7 Å². The molecule has 118 valence electrons. The number of nitrogens with one attached hydrogen (secondary N) is 1. The molecular weight excluding hydrogens is 278 g/mol. The molecule has 2 atom stereocenters. The van der Waals surface area contributed by atoms with Crippen LogP contribution in [-0.4, -0.2) is 17.0 Å². The normalized spacial score (nSPS) is 21.6. The van der Waals surface area contributed by atoms with Gasteiger partial charge in [-0.15, -0.1) is 0 Å². The van der Waals surface area contributed by atoms with Gasteiger partial charge >= 0.3 is 5.97 Å². The van der Waals surface area contributed by atoms with Crippen LogP contribution in [0.1, 0.15) is 37.8 Å². The highest BCUT2D eigenvalue weighted by Crippen LogP contribution is 2.35. The number of carbonyl (C=O) groups excluding carboxylic acids is 1. The summed E-state index contributed by atoms with van der Waals surface area (Å²) in [5, 5.41) is 12.3. The lowest BCUT2D eigenvalue weighted by Gasteiger charge is -2.29. The molecule has 0 aromatic heterocycles. The predicted octanol–water partition coefficient (Wildman–Crippen LogP) is 3.69. The standard InChI is InChI=1S/C18H23NO3/c1-10-5-6-14(7-11(10)2)19-17(20)15-8-12(3)13(4)9-16(15)18(21)22/h5-7,15-16H,8-9H2,1-4H3,(H,19,20)(H,21,22)/t15-,16-/m1/s1. The Morgan fingerprint density at radius 1 is 1.00 bits per heavy atom. The monoisotopic (exact) mass is 301 g/mol. The first-order valence-electron chi connectivity index (χ1n) is 7.55. The molecule has 4 heteroatoms. The maximum atomic E-state index is 12.5. The molecular formula is C18H23NO3. The van der Waals surface area contributed by atoms with E-state index in [0.29, 0.717) is 12.8 Å². The van der Waals surface area contributed by atoms with Gasteiger partial charge in [0, 0.05) is 5.69 Å². The Morgan fingerprint density at radius 3 is 2.14 bits per heavy atom. The van der Waals surface area contributed by atoms with Crippen molar-refractivity contribution in [2.75, 3.05) is 5.32 Å². The number of carbonyl (C=O) groups is 2. The summed E-state index contributed by atoms with van der Waals surface area (Å²) in [5.41, 5.74) is 5.19. The molecule has 22 heavy (non-hydrogen) atoms. The lowest BCUT2D eigenvalue weighted by molar-refractivity contribution is -0.146. The van der Waals surface area contributed by atoms with Gasteiger partial charge in [-0.2, -0.15) is 0 Å². The van der Waals surface area contributed by atoms with Gasteiger partial charge in [-0.3, -0.25) is 9.59 Å². The molecule has 0 saturated carbocycles. The van der Waals surface area contributed by atoms with E-state index in [4.69, 9.17) is 0 Å². The average Bonchev–Trinajstić information content (AvgIpc) is 2.45. The molecule has 1 amide bonds. The second-order valence-electron chi connectivity index (χ2n) is 6.31. The number of amides is 1. The Kier molecular flexibility index (Phi) is 4.69. The van der Waals surface area contributed by atoms with Gasteiger partial charge in [0.2, 0.25) is 5.91 Å². The van der Waals surface area contributed by atoms with Crippen LogP contribution in [0.25, 0.3) is 0 Å². The van der Waals surface area contributed by atoms with Gasteiger partial charge in [0.15, 0.2) is 0 Å². The Labute approximate surface area is 131 Å². The number of hydrogen-bond acceptors (Lipinski definition) is 2. The van der Waals surface area contributed by atoms with Gasteiger partial charge < -0.3 is 10.4 Å². The molecule has 2 N–H and O–H groups in total. The highest BCUT2D eigenvalue weighted by molar-refractivity contribution is 5.95. The van der Waals surface area contributed by atoms with Crippen LogP contribution in [-0.2, 0) is 9.59 Å². The number of aryl methyl sites for hydroxylation is 2. The molecule has 1 aromatic rings. The van der Waals surface area contributed by atoms with Gasteiger partial charge in [0.05, 0.1) is 11.8 Å². The number of allylic oxidation sites excluding steroid dienone is 2. The summed E-state index contributed by atoms with van der Waals surface area (Å²) in [6.45, 7) is 7.92. The summed E-state index contributed by atoms with van der Waals surface area (Å²) in [6.07, 6.45) is 0.964. The predicted molar refractivity (Wildman–Crippen MR) is 86.8 cm³/mol. The van der Waals surface area contributed by atoms with Crippen LogP contribution in [0.4, 0.5) is 5.69 Å². The van der Waals surface area contributed by atoms with Gasteiger partial charge in [-0.05, 0) is 63.8 Å². The molecule has 1 aliphatic rings. The molecule has 0 aliphatic heterocycles. The van der Waals surface area contributed by atoms with Crippen molar-refractivity contribution in [2.45, 2.75) is 40.5 Å². The number of benzene rings is 1. The van der Waals surface area contributed by atoms with Crippen LogP contribution < -0.4 is 5.32 Å². The zero-order valence-corrected chi connectivity index (χ0v) is 13.6. The van der Waals surface area contributed by atoms with Crippen LogP contribution in [0.2, 0.25) is 0 Å². The van der Waals surface area contributed by atoms with Gasteiger partial charge in [0.25, 0.3) is 0 Å². The Bertz CT molecular complexity index is 646. The average molecular weight is 301 g/mol. The third kappa shape index (κ3) is 3.38. The lowest BCUT2D eigenvalue weighted by Crippen LogP contribution is -2.36. The number of anilines is 1. The van der Waals surface area contributed by atoms with Gasteiger partial charge in [-0.25, -0.2) is 0 Å². The van der Waals surface area contributed by atoms with Gasteiger partial charge in [-0.1, -0.05) is 17.2 Å². The molecule has 0 fully saturated rings. The molecule has 0 spiro atoms. The first-order valence-corrected chi connectivity index (χ1v) is 7.55. The second kappa shape index (κ2) is 6.34. The summed E-state index contributed by atoms with van der Waals surface area (Å²) in [4.78, 5) is 24.0. The van der Waals surface area contributed by atoms with Crippen molar-refractivity contribution in [2.24, 2.45) is 11.8 Å². The van der Waals surface area contributed by atoms with Gasteiger partial charge in [0.1, 0.15) is 0 Å². The molecule has 1 aliphatic carbocycles. The minimum absolute atomic E-state index is 0.206. The fourth-order valence-electron chi connectivity index (χ4n) is 2.88. The number of carboxylic acids is 1. The minimum atomic E-state index is -0.896. The van der Waals surface area contributed by atoms with Crippen molar-refractivity contribution in [3.05, 3.63) is 40.5 Å². The molecule has 4 nitrogen and oxygen atoms in total. The maximum absolute atomic E-state index is 12.5. The van der Waals surface area contributed by atoms with Crippen LogP contribution in [0.3, 0.4) is 0 Å². The van der Waals surface area contributed by atoms with E-state index in [1.54, 1.807) is 0 Å². The third-order valence-corrected chi connectivity index (χ3v) is 4.69. The first kappa shape index (κ1) is 16.3. The van der Waals surface area contributed by atoms with Crippen LogP contribution in [0.5, 0.6) is 0 Å². The SMILES string of the molecule is CC1=C(C)C[C@@H](C(=O)Nc2ccc(C)c(C)c2)[C@H](C(=O)O)C1. The molecule has 0 bridgehead atoms. The van der Waals surface area contributed by atoms with E-state index in [1.807, 2.05) is 45.9 Å². The Hall–Kier alpha value is -2.10. The Morgan fingerprint density at radius 2 is 1.59 bits per heavy atom. The lowest BCUT2D eigenvalue weighted by atomic mass is 9.76. The summed E-state index contributed by atoms with van der Waals surface area (Å²) in [5.74, 6) is -2.26. The largest absolute Gasteiger partial charge is 0.481 e. The fraction of sp³-hybridized carbons (Fsp3) is 0.444. The molecule has 2 rings (SSSR count). The van der Waals surface area contributed by atoms with Crippen molar-refractivity contribution in [1.29, 1.82) is 0 Å². The van der Waals surface area contributed by atoms with Crippen molar-refractivity contribution < 1.29 is 14.7 Å². The summed E-state index contributed by atoms with van der Waals surface area (Å²) < 4.78 is 0.